The molecule has 1 N–H and O–H groups in total. The maximum Gasteiger partial charge on any atom is 0.244 e. The molecule has 7 heteroatoms. The van der Waals surface area contributed by atoms with Crippen LogP contribution in [0, 0.1) is 0 Å². The average Bonchev–Trinajstić information content (AvgIpc) is 2.78. The van der Waals surface area contributed by atoms with Gasteiger partial charge < -0.3 is 14.9 Å². The number of hydrogen-bond donors (Lipinski definition) is 1. The number of hydrogen-bond acceptors (Lipinski definition) is 5. The van der Waals surface area contributed by atoms with Crippen LogP contribution in [0.3, 0.4) is 0 Å². The second-order valence-electron chi connectivity index (χ2n) is 4.70. The van der Waals surface area contributed by atoms with Crippen molar-refractivity contribution in [3.8, 4) is 0 Å². The molecule has 2 heterocycles. The Morgan fingerprint density at radius 1 is 1.44 bits per heavy atom. The van der Waals surface area contributed by atoms with Crippen molar-refractivity contribution in [2.45, 2.75) is 19.6 Å². The first-order chi connectivity index (χ1) is 8.56. The topological polar surface area (TPSA) is 74.5 Å². The molecule has 0 bridgehead atoms. The number of piperazine rings is 1. The van der Waals surface area contributed by atoms with Crippen molar-refractivity contribution < 1.29 is 9.90 Å². The first-order valence-corrected chi connectivity index (χ1v) is 6.10. The molecule has 1 saturated heterocycles. The molecule has 7 nitrogen and oxygen atoms in total. The average molecular weight is 253 g/mol. The van der Waals surface area contributed by atoms with E-state index in [1.165, 1.54) is 4.68 Å². The lowest BCUT2D eigenvalue weighted by molar-refractivity contribution is -0.133. The third-order valence-corrected chi connectivity index (χ3v) is 3.14. The predicted molar refractivity (Wildman–Crippen MR) is 64.7 cm³/mol. The standard InChI is InChI=1S/C11H19N5O2/c1-9(17)10-7-16(13-12-10)8-11(18)15-5-3-14(2)4-6-15/h7,9,17H,3-6,8H2,1-2H3. The van der Waals surface area contributed by atoms with Crippen molar-refractivity contribution in [2.75, 3.05) is 33.2 Å². The summed E-state index contributed by atoms with van der Waals surface area (Å²) in [6.45, 7) is 5.13. The fourth-order valence-corrected chi connectivity index (χ4v) is 1.88. The van der Waals surface area contributed by atoms with E-state index in [2.05, 4.69) is 15.2 Å². The van der Waals surface area contributed by atoms with Gasteiger partial charge in [0.1, 0.15) is 12.2 Å². The van der Waals surface area contributed by atoms with Crippen molar-refractivity contribution in [3.63, 3.8) is 0 Å². The molecule has 1 unspecified atom stereocenters. The highest BCUT2D eigenvalue weighted by atomic mass is 16.3. The molecule has 0 saturated carbocycles. The van der Waals surface area contributed by atoms with Gasteiger partial charge in [-0.2, -0.15) is 0 Å². The quantitative estimate of drug-likeness (QED) is 0.756. The van der Waals surface area contributed by atoms with Crippen LogP contribution in [-0.2, 0) is 11.3 Å². The Bertz CT molecular complexity index is 409. The van der Waals surface area contributed by atoms with E-state index >= 15 is 0 Å². The Labute approximate surface area is 106 Å². The molecule has 0 aromatic carbocycles. The van der Waals surface area contributed by atoms with Crippen LogP contribution in [0.5, 0.6) is 0 Å². The van der Waals surface area contributed by atoms with E-state index in [4.69, 9.17) is 0 Å². The van der Waals surface area contributed by atoms with Crippen LogP contribution in [0.4, 0.5) is 0 Å². The van der Waals surface area contributed by atoms with Crippen molar-refractivity contribution >= 4 is 5.91 Å². The number of aromatic nitrogens is 3. The second kappa shape index (κ2) is 5.45. The van der Waals surface area contributed by atoms with Gasteiger partial charge in [-0.1, -0.05) is 5.21 Å². The third-order valence-electron chi connectivity index (χ3n) is 3.14. The lowest BCUT2D eigenvalue weighted by Gasteiger charge is -2.32. The molecule has 0 aliphatic carbocycles. The Morgan fingerprint density at radius 2 is 2.11 bits per heavy atom. The van der Waals surface area contributed by atoms with Gasteiger partial charge in [0.2, 0.25) is 5.91 Å². The van der Waals surface area contributed by atoms with Gasteiger partial charge in [-0.15, -0.1) is 5.10 Å². The zero-order valence-electron chi connectivity index (χ0n) is 10.8. The van der Waals surface area contributed by atoms with E-state index in [9.17, 15) is 9.90 Å². The van der Waals surface area contributed by atoms with Crippen molar-refractivity contribution in [1.29, 1.82) is 0 Å². The number of carbonyl (C=O) groups excluding carboxylic acids is 1. The Balaban J connectivity index is 1.90. The normalized spacial score (nSPS) is 18.9. The Kier molecular flexibility index (Phi) is 3.93. The summed E-state index contributed by atoms with van der Waals surface area (Å²) in [5.74, 6) is 0.0464. The first-order valence-electron chi connectivity index (χ1n) is 6.10. The zero-order valence-corrected chi connectivity index (χ0v) is 10.8. The van der Waals surface area contributed by atoms with Crippen LogP contribution < -0.4 is 0 Å². The van der Waals surface area contributed by atoms with Gasteiger partial charge in [-0.05, 0) is 14.0 Å². The van der Waals surface area contributed by atoms with E-state index in [1.54, 1.807) is 13.1 Å². The van der Waals surface area contributed by atoms with Gasteiger partial charge in [-0.3, -0.25) is 4.79 Å². The fourth-order valence-electron chi connectivity index (χ4n) is 1.88. The summed E-state index contributed by atoms with van der Waals surface area (Å²) in [6, 6.07) is 0. The summed E-state index contributed by atoms with van der Waals surface area (Å²) >= 11 is 0. The first kappa shape index (κ1) is 13.0. The predicted octanol–water partition coefficient (Wildman–Crippen LogP) is -0.895. The van der Waals surface area contributed by atoms with Crippen molar-refractivity contribution in [1.82, 2.24) is 24.8 Å². The van der Waals surface area contributed by atoms with E-state index in [-0.39, 0.29) is 12.5 Å². The SMILES string of the molecule is CC(O)c1cn(CC(=O)N2CCN(C)CC2)nn1. The highest BCUT2D eigenvalue weighted by Gasteiger charge is 2.19. The van der Waals surface area contributed by atoms with Crippen LogP contribution >= 0.6 is 0 Å². The minimum atomic E-state index is -0.655. The van der Waals surface area contributed by atoms with Gasteiger partial charge in [0.25, 0.3) is 0 Å². The van der Waals surface area contributed by atoms with Crippen molar-refractivity contribution in [2.24, 2.45) is 0 Å². The summed E-state index contributed by atoms with van der Waals surface area (Å²) in [5, 5.41) is 17.0. The lowest BCUT2D eigenvalue weighted by Crippen LogP contribution is -2.48. The molecule has 1 fully saturated rings. The molecule has 100 valence electrons. The van der Waals surface area contributed by atoms with Crippen LogP contribution in [0.25, 0.3) is 0 Å². The summed E-state index contributed by atoms with van der Waals surface area (Å²) < 4.78 is 1.47. The van der Waals surface area contributed by atoms with E-state index in [0.717, 1.165) is 26.2 Å². The van der Waals surface area contributed by atoms with Crippen LogP contribution in [0.15, 0.2) is 6.20 Å². The van der Waals surface area contributed by atoms with Gasteiger partial charge in [-0.25, -0.2) is 4.68 Å². The molecule has 1 atom stereocenters. The highest BCUT2D eigenvalue weighted by molar-refractivity contribution is 5.76. The summed E-state index contributed by atoms with van der Waals surface area (Å²) in [7, 11) is 2.05. The molecule has 1 aromatic rings. The number of carbonyl (C=O) groups is 1. The molecule has 1 aromatic heterocycles. The number of amides is 1. The fraction of sp³-hybridized carbons (Fsp3) is 0.727. The molecular weight excluding hydrogens is 234 g/mol. The maximum absolute atomic E-state index is 12.0. The molecule has 2 rings (SSSR count). The van der Waals surface area contributed by atoms with Gasteiger partial charge in [0, 0.05) is 26.2 Å². The second-order valence-corrected chi connectivity index (χ2v) is 4.70. The van der Waals surface area contributed by atoms with Crippen LogP contribution in [0.1, 0.15) is 18.7 Å². The Morgan fingerprint density at radius 3 is 2.67 bits per heavy atom. The minimum absolute atomic E-state index is 0.0464. The number of nitrogens with zero attached hydrogens (tertiary/aromatic N) is 5. The van der Waals surface area contributed by atoms with Gasteiger partial charge >= 0.3 is 0 Å². The summed E-state index contributed by atoms with van der Waals surface area (Å²) in [4.78, 5) is 16.0. The molecule has 18 heavy (non-hydrogen) atoms. The van der Waals surface area contributed by atoms with Crippen molar-refractivity contribution in [3.05, 3.63) is 11.9 Å². The maximum atomic E-state index is 12.0. The smallest absolute Gasteiger partial charge is 0.244 e. The van der Waals surface area contributed by atoms with Crippen LogP contribution in [0.2, 0.25) is 0 Å². The number of aliphatic hydroxyl groups excluding tert-OH is 1. The molecule has 1 aliphatic rings. The monoisotopic (exact) mass is 253 g/mol. The molecule has 1 amide bonds. The number of aliphatic hydroxyl groups is 1. The summed E-state index contributed by atoms with van der Waals surface area (Å²) in [6.07, 6.45) is 0.955. The molecular formula is C11H19N5O2. The molecule has 1 aliphatic heterocycles. The Hall–Kier alpha value is -1.47. The number of rotatable bonds is 3. The van der Waals surface area contributed by atoms with E-state index in [0.29, 0.717) is 5.69 Å². The van der Waals surface area contributed by atoms with E-state index < -0.39 is 6.10 Å². The van der Waals surface area contributed by atoms with Gasteiger partial charge in [0.15, 0.2) is 0 Å². The molecule has 0 radical (unpaired) electrons. The third kappa shape index (κ3) is 3.05. The van der Waals surface area contributed by atoms with E-state index in [1.807, 2.05) is 11.9 Å². The zero-order chi connectivity index (χ0) is 13.1. The highest BCUT2D eigenvalue weighted by Crippen LogP contribution is 2.07. The summed E-state index contributed by atoms with van der Waals surface area (Å²) in [5.41, 5.74) is 0.487. The van der Waals surface area contributed by atoms with Crippen LogP contribution in [-0.4, -0.2) is 69.0 Å². The lowest BCUT2D eigenvalue weighted by atomic mass is 10.3. The minimum Gasteiger partial charge on any atom is -0.387 e. The van der Waals surface area contributed by atoms with Gasteiger partial charge in [0.05, 0.1) is 12.3 Å². The molecule has 0 spiro atoms. The largest absolute Gasteiger partial charge is 0.387 e. The number of likely N-dealkylation sites (N-methyl/N-ethyl adjacent to an activating group) is 1.